The van der Waals surface area contributed by atoms with E-state index in [0.717, 1.165) is 18.7 Å². The molecule has 1 aromatic rings. The van der Waals surface area contributed by atoms with Gasteiger partial charge in [0.15, 0.2) is 0 Å². The van der Waals surface area contributed by atoms with E-state index in [1.807, 2.05) is 30.2 Å². The van der Waals surface area contributed by atoms with Crippen LogP contribution in [0.15, 0.2) is 24.5 Å². The molecule has 1 N–H and O–H groups in total. The summed E-state index contributed by atoms with van der Waals surface area (Å²) >= 11 is 1.65. The molecule has 23 heavy (non-hydrogen) atoms. The van der Waals surface area contributed by atoms with Crippen LogP contribution in [0.1, 0.15) is 24.9 Å². The van der Waals surface area contributed by atoms with Crippen LogP contribution in [0.5, 0.6) is 0 Å². The summed E-state index contributed by atoms with van der Waals surface area (Å²) in [5.41, 5.74) is 1.03. The third kappa shape index (κ3) is 3.35. The Morgan fingerprint density at radius 1 is 1.43 bits per heavy atom. The van der Waals surface area contributed by atoms with Crippen LogP contribution in [-0.2, 0) is 9.59 Å². The molecule has 2 atom stereocenters. The molecule has 1 aromatic heterocycles. The molecule has 2 saturated heterocycles. The van der Waals surface area contributed by atoms with Crippen LogP contribution in [0.25, 0.3) is 0 Å². The van der Waals surface area contributed by atoms with E-state index >= 15 is 0 Å². The zero-order chi connectivity index (χ0) is 16.2. The summed E-state index contributed by atoms with van der Waals surface area (Å²) in [6.07, 6.45) is 4.00. The summed E-state index contributed by atoms with van der Waals surface area (Å²) in [5.74, 6) is 1.43. The van der Waals surface area contributed by atoms with Gasteiger partial charge in [-0.25, -0.2) is 0 Å². The Morgan fingerprint density at radius 3 is 3.04 bits per heavy atom. The van der Waals surface area contributed by atoms with Crippen molar-refractivity contribution < 1.29 is 9.59 Å². The fourth-order valence-corrected chi connectivity index (χ4v) is 4.30. The molecular formula is C16H22N4O2S. The Labute approximate surface area is 140 Å². The third-order valence-corrected chi connectivity index (χ3v) is 5.40. The van der Waals surface area contributed by atoms with Gasteiger partial charge in [-0.2, -0.15) is 0 Å². The minimum atomic E-state index is -0.329. The summed E-state index contributed by atoms with van der Waals surface area (Å²) in [7, 11) is 0. The Kier molecular flexibility index (Phi) is 5.17. The number of nitrogens with one attached hydrogen (secondary N) is 1. The summed E-state index contributed by atoms with van der Waals surface area (Å²) in [5, 5.41) is 3.35. The largest absolute Gasteiger partial charge is 0.331 e. The van der Waals surface area contributed by atoms with Crippen molar-refractivity contribution in [2.45, 2.75) is 25.4 Å². The molecule has 0 saturated carbocycles. The van der Waals surface area contributed by atoms with E-state index in [2.05, 4.69) is 10.3 Å². The molecule has 0 aromatic carbocycles. The number of pyridine rings is 1. The fourth-order valence-electron chi connectivity index (χ4n) is 3.13. The zero-order valence-corrected chi connectivity index (χ0v) is 14.1. The average molecular weight is 334 g/mol. The van der Waals surface area contributed by atoms with Crippen LogP contribution in [0.4, 0.5) is 0 Å². The molecule has 7 heteroatoms. The molecule has 2 amide bonds. The molecule has 0 spiro atoms. The van der Waals surface area contributed by atoms with E-state index in [9.17, 15) is 9.59 Å². The van der Waals surface area contributed by atoms with Crippen LogP contribution in [-0.4, -0.2) is 63.9 Å². The smallest absolute Gasteiger partial charge is 0.246 e. The van der Waals surface area contributed by atoms with E-state index in [1.165, 1.54) is 0 Å². The Morgan fingerprint density at radius 2 is 2.30 bits per heavy atom. The van der Waals surface area contributed by atoms with Crippen LogP contribution >= 0.6 is 11.8 Å². The van der Waals surface area contributed by atoms with Crippen LogP contribution in [0.3, 0.4) is 0 Å². The SMILES string of the molecule is CCC(=O)N1CSCC1C(=O)N1CCNCC1c1cccnc1. The monoisotopic (exact) mass is 334 g/mol. The van der Waals surface area contributed by atoms with E-state index in [-0.39, 0.29) is 23.9 Å². The number of aromatic nitrogens is 1. The Balaban J connectivity index is 1.80. The molecule has 6 nitrogen and oxygen atoms in total. The van der Waals surface area contributed by atoms with Gasteiger partial charge in [-0.15, -0.1) is 11.8 Å². The van der Waals surface area contributed by atoms with Crippen molar-refractivity contribution >= 4 is 23.6 Å². The molecule has 3 rings (SSSR count). The number of hydrogen-bond donors (Lipinski definition) is 1. The average Bonchev–Trinajstić information content (AvgIpc) is 3.11. The van der Waals surface area contributed by atoms with E-state index < -0.39 is 0 Å². The summed E-state index contributed by atoms with van der Waals surface area (Å²) < 4.78 is 0. The summed E-state index contributed by atoms with van der Waals surface area (Å²) in [6, 6.07) is 3.55. The number of carbonyl (C=O) groups is 2. The molecule has 0 bridgehead atoms. The second-order valence-corrected chi connectivity index (χ2v) is 6.77. The molecule has 2 unspecified atom stereocenters. The second-order valence-electron chi connectivity index (χ2n) is 5.77. The number of hydrogen-bond acceptors (Lipinski definition) is 5. The summed E-state index contributed by atoms with van der Waals surface area (Å²) in [6.45, 7) is 4.01. The van der Waals surface area contributed by atoms with Gasteiger partial charge < -0.3 is 15.1 Å². The normalized spacial score (nSPS) is 24.7. The van der Waals surface area contributed by atoms with Crippen molar-refractivity contribution in [2.24, 2.45) is 0 Å². The van der Waals surface area contributed by atoms with Crippen LogP contribution < -0.4 is 5.32 Å². The zero-order valence-electron chi connectivity index (χ0n) is 13.3. The van der Waals surface area contributed by atoms with Gasteiger partial charge in [-0.3, -0.25) is 14.6 Å². The van der Waals surface area contributed by atoms with Gasteiger partial charge in [0.2, 0.25) is 11.8 Å². The highest BCUT2D eigenvalue weighted by Crippen LogP contribution is 2.28. The molecule has 0 aliphatic carbocycles. The van der Waals surface area contributed by atoms with Crippen molar-refractivity contribution in [3.63, 3.8) is 0 Å². The number of nitrogens with zero attached hydrogens (tertiary/aromatic N) is 3. The fraction of sp³-hybridized carbons (Fsp3) is 0.562. The summed E-state index contributed by atoms with van der Waals surface area (Å²) in [4.78, 5) is 33.0. The lowest BCUT2D eigenvalue weighted by atomic mass is 10.0. The Hall–Kier alpha value is -1.60. The van der Waals surface area contributed by atoms with Gasteiger partial charge in [0.25, 0.3) is 0 Å². The quantitative estimate of drug-likeness (QED) is 0.888. The first-order valence-corrected chi connectivity index (χ1v) is 9.16. The molecule has 124 valence electrons. The minimum Gasteiger partial charge on any atom is -0.331 e. The first-order valence-electron chi connectivity index (χ1n) is 8.00. The van der Waals surface area contributed by atoms with Gasteiger partial charge in [-0.05, 0) is 11.6 Å². The standard InChI is InChI=1S/C16H22N4O2S/c1-2-15(21)20-11-23-10-14(20)16(22)19-7-6-18-9-13(19)12-4-3-5-17-8-12/h3-5,8,13-14,18H,2,6-7,9-11H2,1H3. The van der Waals surface area contributed by atoms with Crippen molar-refractivity contribution in [2.75, 3.05) is 31.3 Å². The van der Waals surface area contributed by atoms with E-state index in [0.29, 0.717) is 24.6 Å². The lowest BCUT2D eigenvalue weighted by Gasteiger charge is -2.39. The topological polar surface area (TPSA) is 65.5 Å². The number of thioether (sulfide) groups is 1. The van der Waals surface area contributed by atoms with Crippen molar-refractivity contribution in [1.29, 1.82) is 0 Å². The van der Waals surface area contributed by atoms with Gasteiger partial charge in [0.1, 0.15) is 6.04 Å². The highest BCUT2D eigenvalue weighted by atomic mass is 32.2. The molecule has 2 aliphatic rings. The van der Waals surface area contributed by atoms with Gasteiger partial charge >= 0.3 is 0 Å². The predicted octanol–water partition coefficient (Wildman–Crippen LogP) is 0.866. The maximum absolute atomic E-state index is 13.1. The lowest BCUT2D eigenvalue weighted by molar-refractivity contribution is -0.145. The first kappa shape index (κ1) is 16.3. The maximum Gasteiger partial charge on any atom is 0.246 e. The maximum atomic E-state index is 13.1. The number of piperazine rings is 1. The minimum absolute atomic E-state index is 0.0193. The first-order chi connectivity index (χ1) is 11.2. The number of amides is 2. The third-order valence-electron chi connectivity index (χ3n) is 4.39. The highest BCUT2D eigenvalue weighted by Gasteiger charge is 2.39. The molecular weight excluding hydrogens is 312 g/mol. The van der Waals surface area contributed by atoms with Crippen LogP contribution in [0, 0.1) is 0 Å². The van der Waals surface area contributed by atoms with E-state index in [4.69, 9.17) is 0 Å². The molecule has 3 heterocycles. The van der Waals surface area contributed by atoms with Gasteiger partial charge in [-0.1, -0.05) is 13.0 Å². The number of rotatable bonds is 3. The van der Waals surface area contributed by atoms with Gasteiger partial charge in [0.05, 0.1) is 11.9 Å². The lowest BCUT2D eigenvalue weighted by Crippen LogP contribution is -2.55. The molecule has 2 fully saturated rings. The molecule has 0 radical (unpaired) electrons. The van der Waals surface area contributed by atoms with E-state index in [1.54, 1.807) is 22.9 Å². The predicted molar refractivity (Wildman–Crippen MR) is 89.8 cm³/mol. The highest BCUT2D eigenvalue weighted by molar-refractivity contribution is 7.99. The van der Waals surface area contributed by atoms with Gasteiger partial charge in [0, 0.05) is 44.2 Å². The molecule has 2 aliphatic heterocycles. The van der Waals surface area contributed by atoms with Crippen molar-refractivity contribution in [3.05, 3.63) is 30.1 Å². The second kappa shape index (κ2) is 7.31. The Bertz CT molecular complexity index is 568. The van der Waals surface area contributed by atoms with Crippen molar-refractivity contribution in [1.82, 2.24) is 20.1 Å². The number of carbonyl (C=O) groups excluding carboxylic acids is 2. The van der Waals surface area contributed by atoms with Crippen LogP contribution in [0.2, 0.25) is 0 Å². The van der Waals surface area contributed by atoms with Crippen molar-refractivity contribution in [3.8, 4) is 0 Å².